The van der Waals surface area contributed by atoms with E-state index < -0.39 is 0 Å². The standard InChI is InChI=1S/C16H26N4O/c1-4-20(5-2)15-11-14(17-12(3)18-15)16(21)19-13-9-7-6-8-10-13/h11,13H,4-10H2,1-3H3,(H,19,21). The van der Waals surface area contributed by atoms with Crippen molar-refractivity contribution in [2.45, 2.75) is 58.9 Å². The van der Waals surface area contributed by atoms with Crippen molar-refractivity contribution in [1.29, 1.82) is 0 Å². The van der Waals surface area contributed by atoms with Crippen LogP contribution >= 0.6 is 0 Å². The molecule has 0 bridgehead atoms. The molecule has 1 aromatic heterocycles. The van der Waals surface area contributed by atoms with Crippen molar-refractivity contribution in [2.24, 2.45) is 0 Å². The first-order chi connectivity index (χ1) is 10.1. The number of carbonyl (C=O) groups is 1. The number of anilines is 1. The van der Waals surface area contributed by atoms with Gasteiger partial charge in [-0.05, 0) is 33.6 Å². The molecule has 1 amide bonds. The summed E-state index contributed by atoms with van der Waals surface area (Å²) in [5, 5.41) is 3.12. The first kappa shape index (κ1) is 15.7. The van der Waals surface area contributed by atoms with Crippen molar-refractivity contribution in [2.75, 3.05) is 18.0 Å². The normalized spacial score (nSPS) is 15.8. The summed E-state index contributed by atoms with van der Waals surface area (Å²) in [6.45, 7) is 7.75. The second-order valence-electron chi connectivity index (χ2n) is 5.64. The van der Waals surface area contributed by atoms with E-state index in [1.807, 2.05) is 6.92 Å². The average Bonchev–Trinajstić information content (AvgIpc) is 2.49. The van der Waals surface area contributed by atoms with E-state index in [0.29, 0.717) is 17.6 Å². The lowest BCUT2D eigenvalue weighted by Crippen LogP contribution is -2.37. The van der Waals surface area contributed by atoms with Crippen molar-refractivity contribution < 1.29 is 4.79 Å². The predicted octanol–water partition coefficient (Wildman–Crippen LogP) is 2.69. The molecule has 1 aromatic rings. The van der Waals surface area contributed by atoms with Crippen LogP contribution in [-0.4, -0.2) is 35.0 Å². The third-order valence-electron chi connectivity index (χ3n) is 4.08. The van der Waals surface area contributed by atoms with Crippen LogP contribution in [-0.2, 0) is 0 Å². The molecular weight excluding hydrogens is 264 g/mol. The van der Waals surface area contributed by atoms with E-state index in [-0.39, 0.29) is 5.91 Å². The Kier molecular flexibility index (Phi) is 5.53. The van der Waals surface area contributed by atoms with Gasteiger partial charge >= 0.3 is 0 Å². The van der Waals surface area contributed by atoms with Gasteiger partial charge in [-0.15, -0.1) is 0 Å². The Bertz CT molecular complexity index is 479. The molecule has 0 atom stereocenters. The fourth-order valence-electron chi connectivity index (χ4n) is 2.88. The SMILES string of the molecule is CCN(CC)c1cc(C(=O)NC2CCCCC2)nc(C)n1. The maximum absolute atomic E-state index is 12.4. The van der Waals surface area contributed by atoms with Gasteiger partial charge in [-0.1, -0.05) is 19.3 Å². The Hall–Kier alpha value is -1.65. The van der Waals surface area contributed by atoms with E-state index in [1.165, 1.54) is 19.3 Å². The first-order valence-corrected chi connectivity index (χ1v) is 8.05. The molecule has 1 saturated carbocycles. The third-order valence-corrected chi connectivity index (χ3v) is 4.08. The number of nitrogens with zero attached hydrogens (tertiary/aromatic N) is 3. The number of aromatic nitrogens is 2. The van der Waals surface area contributed by atoms with E-state index in [9.17, 15) is 4.79 Å². The highest BCUT2D eigenvalue weighted by atomic mass is 16.1. The second kappa shape index (κ2) is 7.38. The first-order valence-electron chi connectivity index (χ1n) is 8.05. The molecule has 0 spiro atoms. The van der Waals surface area contributed by atoms with Crippen molar-refractivity contribution >= 4 is 11.7 Å². The van der Waals surface area contributed by atoms with Gasteiger partial charge in [-0.2, -0.15) is 0 Å². The van der Waals surface area contributed by atoms with Crippen molar-refractivity contribution in [3.8, 4) is 0 Å². The van der Waals surface area contributed by atoms with E-state index in [4.69, 9.17) is 0 Å². The van der Waals surface area contributed by atoms with Gasteiger partial charge in [-0.3, -0.25) is 4.79 Å². The maximum atomic E-state index is 12.4. The minimum Gasteiger partial charge on any atom is -0.357 e. The molecule has 5 nitrogen and oxygen atoms in total. The minimum absolute atomic E-state index is 0.0687. The highest BCUT2D eigenvalue weighted by Gasteiger charge is 2.19. The highest BCUT2D eigenvalue weighted by Crippen LogP contribution is 2.18. The zero-order valence-electron chi connectivity index (χ0n) is 13.4. The molecule has 2 rings (SSSR count). The molecule has 1 heterocycles. The van der Waals surface area contributed by atoms with Gasteiger partial charge in [0.05, 0.1) is 0 Å². The second-order valence-corrected chi connectivity index (χ2v) is 5.64. The average molecular weight is 290 g/mol. The minimum atomic E-state index is -0.0687. The van der Waals surface area contributed by atoms with Crippen molar-refractivity contribution in [3.05, 3.63) is 17.6 Å². The summed E-state index contributed by atoms with van der Waals surface area (Å²) >= 11 is 0. The molecule has 1 aliphatic rings. The summed E-state index contributed by atoms with van der Waals surface area (Å²) in [4.78, 5) is 23.3. The Labute approximate surface area is 127 Å². The fraction of sp³-hybridized carbons (Fsp3) is 0.688. The van der Waals surface area contributed by atoms with Gasteiger partial charge in [-0.25, -0.2) is 9.97 Å². The number of hydrogen-bond acceptors (Lipinski definition) is 4. The topological polar surface area (TPSA) is 58.1 Å². The van der Waals surface area contributed by atoms with Crippen LogP contribution in [0.4, 0.5) is 5.82 Å². The molecule has 0 aliphatic heterocycles. The van der Waals surface area contributed by atoms with E-state index >= 15 is 0 Å². The van der Waals surface area contributed by atoms with E-state index in [0.717, 1.165) is 31.7 Å². The molecule has 0 aromatic carbocycles. The Morgan fingerprint density at radius 2 is 1.90 bits per heavy atom. The monoisotopic (exact) mass is 290 g/mol. The predicted molar refractivity (Wildman–Crippen MR) is 84.7 cm³/mol. The molecule has 0 saturated heterocycles. The zero-order chi connectivity index (χ0) is 15.2. The molecule has 21 heavy (non-hydrogen) atoms. The lowest BCUT2D eigenvalue weighted by molar-refractivity contribution is 0.0922. The third kappa shape index (κ3) is 4.16. The molecule has 116 valence electrons. The molecule has 1 aliphatic carbocycles. The maximum Gasteiger partial charge on any atom is 0.270 e. The molecule has 0 radical (unpaired) electrons. The van der Waals surface area contributed by atoms with Crippen LogP contribution in [0.25, 0.3) is 0 Å². The summed E-state index contributed by atoms with van der Waals surface area (Å²) in [7, 11) is 0. The summed E-state index contributed by atoms with van der Waals surface area (Å²) in [5.41, 5.74) is 0.481. The summed E-state index contributed by atoms with van der Waals surface area (Å²) in [6.07, 6.45) is 5.86. The molecule has 5 heteroatoms. The smallest absolute Gasteiger partial charge is 0.270 e. The van der Waals surface area contributed by atoms with Gasteiger partial charge in [0.2, 0.25) is 0 Å². The van der Waals surface area contributed by atoms with Gasteiger partial charge in [0.15, 0.2) is 0 Å². The lowest BCUT2D eigenvalue weighted by Gasteiger charge is -2.23. The van der Waals surface area contributed by atoms with Crippen LogP contribution < -0.4 is 10.2 Å². The van der Waals surface area contributed by atoms with Crippen LogP contribution in [0.1, 0.15) is 62.3 Å². The molecule has 1 N–H and O–H groups in total. The van der Waals surface area contributed by atoms with Crippen LogP contribution in [0.15, 0.2) is 6.07 Å². The number of hydrogen-bond donors (Lipinski definition) is 1. The summed E-state index contributed by atoms with van der Waals surface area (Å²) < 4.78 is 0. The Balaban J connectivity index is 2.12. The van der Waals surface area contributed by atoms with Gasteiger partial charge in [0.1, 0.15) is 17.3 Å². The highest BCUT2D eigenvalue weighted by molar-refractivity contribution is 5.93. The Morgan fingerprint density at radius 3 is 2.52 bits per heavy atom. The number of rotatable bonds is 5. The van der Waals surface area contributed by atoms with Crippen LogP contribution in [0.2, 0.25) is 0 Å². The number of aryl methyl sites for hydroxylation is 1. The fourth-order valence-corrected chi connectivity index (χ4v) is 2.88. The van der Waals surface area contributed by atoms with Gasteiger partial charge in [0.25, 0.3) is 5.91 Å². The number of carbonyl (C=O) groups excluding carboxylic acids is 1. The van der Waals surface area contributed by atoms with Crippen molar-refractivity contribution in [3.63, 3.8) is 0 Å². The number of amides is 1. The number of nitrogens with one attached hydrogen (secondary N) is 1. The van der Waals surface area contributed by atoms with Crippen LogP contribution in [0.3, 0.4) is 0 Å². The van der Waals surface area contributed by atoms with Gasteiger partial charge < -0.3 is 10.2 Å². The van der Waals surface area contributed by atoms with E-state index in [2.05, 4.69) is 34.0 Å². The van der Waals surface area contributed by atoms with E-state index in [1.54, 1.807) is 6.07 Å². The summed E-state index contributed by atoms with van der Waals surface area (Å²) in [6, 6.07) is 2.11. The van der Waals surface area contributed by atoms with Crippen molar-refractivity contribution in [1.82, 2.24) is 15.3 Å². The lowest BCUT2D eigenvalue weighted by atomic mass is 9.95. The van der Waals surface area contributed by atoms with Gasteiger partial charge in [0, 0.05) is 25.2 Å². The quantitative estimate of drug-likeness (QED) is 0.906. The zero-order valence-corrected chi connectivity index (χ0v) is 13.4. The van der Waals surface area contributed by atoms with Crippen LogP contribution in [0.5, 0.6) is 0 Å². The molecule has 1 fully saturated rings. The largest absolute Gasteiger partial charge is 0.357 e. The molecule has 0 unspecified atom stereocenters. The molecular formula is C16H26N4O. The van der Waals surface area contributed by atoms with Crippen LogP contribution in [0, 0.1) is 6.92 Å². The summed E-state index contributed by atoms with van der Waals surface area (Å²) in [5.74, 6) is 1.41. The Morgan fingerprint density at radius 1 is 1.24 bits per heavy atom.